The van der Waals surface area contributed by atoms with Gasteiger partial charge in [-0.25, -0.2) is 4.39 Å². The van der Waals surface area contributed by atoms with E-state index in [4.69, 9.17) is 4.52 Å². The van der Waals surface area contributed by atoms with Crippen molar-refractivity contribution < 1.29 is 33.2 Å². The SMILES string of the molecule is Cc1ccc(CNC(=O)[C@H](CC2CCN(C(=O)/C(C#N)=C/C(C)C)CC2)NC(=O)[C@@H](NC(=O)c2cc(C)no2)[C@@H](C)O)c(F)c1. The van der Waals surface area contributed by atoms with Crippen LogP contribution < -0.4 is 16.0 Å². The Bertz CT molecular complexity index is 1450. The second-order valence-electron chi connectivity index (χ2n) is 11.8. The number of hydrogen-bond acceptors (Lipinski definition) is 8. The fourth-order valence-corrected chi connectivity index (χ4v) is 5.05. The third-order valence-electron chi connectivity index (χ3n) is 7.52. The predicted molar refractivity (Wildman–Crippen MR) is 162 cm³/mol. The summed E-state index contributed by atoms with van der Waals surface area (Å²) < 4.78 is 19.4. The maximum absolute atomic E-state index is 14.4. The van der Waals surface area contributed by atoms with E-state index in [-0.39, 0.29) is 47.6 Å². The maximum atomic E-state index is 14.4. The Morgan fingerprint density at radius 1 is 1.13 bits per heavy atom. The molecule has 2 heterocycles. The number of allylic oxidation sites excluding steroid dienone is 1. The Kier molecular flexibility index (Phi) is 12.4. The average Bonchev–Trinajstić information content (AvgIpc) is 3.43. The van der Waals surface area contributed by atoms with Crippen molar-refractivity contribution in [3.63, 3.8) is 0 Å². The number of nitriles is 1. The van der Waals surface area contributed by atoms with Crippen LogP contribution in [0.3, 0.4) is 0 Å². The molecule has 1 aliphatic rings. The van der Waals surface area contributed by atoms with E-state index in [1.165, 1.54) is 19.1 Å². The lowest BCUT2D eigenvalue weighted by atomic mass is 9.89. The first kappa shape index (κ1) is 34.9. The Labute approximate surface area is 262 Å². The molecule has 1 fully saturated rings. The summed E-state index contributed by atoms with van der Waals surface area (Å²) in [7, 11) is 0. The first-order valence-corrected chi connectivity index (χ1v) is 15.0. The number of aryl methyl sites for hydroxylation is 2. The van der Waals surface area contributed by atoms with Crippen molar-refractivity contribution in [2.75, 3.05) is 13.1 Å². The number of aromatic nitrogens is 1. The van der Waals surface area contributed by atoms with E-state index in [0.717, 1.165) is 5.56 Å². The number of rotatable bonds is 12. The maximum Gasteiger partial charge on any atom is 0.290 e. The number of aliphatic hydroxyl groups excluding tert-OH is 1. The highest BCUT2D eigenvalue weighted by Crippen LogP contribution is 2.24. The largest absolute Gasteiger partial charge is 0.391 e. The first-order chi connectivity index (χ1) is 21.3. The van der Waals surface area contributed by atoms with Gasteiger partial charge in [-0.3, -0.25) is 19.2 Å². The van der Waals surface area contributed by atoms with E-state index in [1.54, 1.807) is 37.0 Å². The highest BCUT2D eigenvalue weighted by atomic mass is 19.1. The van der Waals surface area contributed by atoms with Gasteiger partial charge in [0, 0.05) is 31.3 Å². The minimum absolute atomic E-state index is 0.0347. The van der Waals surface area contributed by atoms with E-state index in [2.05, 4.69) is 21.1 Å². The number of nitrogens with one attached hydrogen (secondary N) is 3. The lowest BCUT2D eigenvalue weighted by molar-refractivity contribution is -0.132. The van der Waals surface area contributed by atoms with Gasteiger partial charge in [0.15, 0.2) is 0 Å². The molecule has 0 aliphatic carbocycles. The molecule has 4 N–H and O–H groups in total. The van der Waals surface area contributed by atoms with Crippen molar-refractivity contribution in [1.82, 2.24) is 26.0 Å². The van der Waals surface area contributed by atoms with Crippen molar-refractivity contribution in [2.24, 2.45) is 11.8 Å². The molecule has 1 aromatic heterocycles. The minimum Gasteiger partial charge on any atom is -0.391 e. The number of carbonyl (C=O) groups excluding carboxylic acids is 4. The Hall–Kier alpha value is -4.57. The molecule has 3 rings (SSSR count). The topological polar surface area (TPSA) is 178 Å². The molecule has 12 nitrogen and oxygen atoms in total. The summed E-state index contributed by atoms with van der Waals surface area (Å²) in [6, 6.07) is 5.47. The van der Waals surface area contributed by atoms with Crippen LogP contribution in [0.25, 0.3) is 0 Å². The molecule has 45 heavy (non-hydrogen) atoms. The lowest BCUT2D eigenvalue weighted by Crippen LogP contribution is -2.57. The number of carbonyl (C=O) groups is 4. The van der Waals surface area contributed by atoms with Crippen LogP contribution in [-0.4, -0.2) is 70.1 Å². The van der Waals surface area contributed by atoms with Gasteiger partial charge >= 0.3 is 0 Å². The van der Waals surface area contributed by atoms with Gasteiger partial charge in [0.2, 0.25) is 17.6 Å². The van der Waals surface area contributed by atoms with Crippen LogP contribution in [-0.2, 0) is 20.9 Å². The van der Waals surface area contributed by atoms with Crippen molar-refractivity contribution in [2.45, 2.75) is 78.6 Å². The molecule has 4 amide bonds. The van der Waals surface area contributed by atoms with E-state index < -0.39 is 41.7 Å². The Morgan fingerprint density at radius 3 is 2.38 bits per heavy atom. The lowest BCUT2D eigenvalue weighted by Gasteiger charge is -2.34. The number of likely N-dealkylation sites (tertiary alicyclic amines) is 1. The summed E-state index contributed by atoms with van der Waals surface area (Å²) in [5, 5.41) is 31.2. The molecule has 0 saturated carbocycles. The van der Waals surface area contributed by atoms with E-state index in [1.807, 2.05) is 19.9 Å². The summed E-state index contributed by atoms with van der Waals surface area (Å²) in [4.78, 5) is 53.9. The van der Waals surface area contributed by atoms with Crippen molar-refractivity contribution in [3.8, 4) is 6.07 Å². The molecule has 242 valence electrons. The average molecular weight is 625 g/mol. The van der Waals surface area contributed by atoms with Gasteiger partial charge in [-0.05, 0) is 63.5 Å². The highest BCUT2D eigenvalue weighted by molar-refractivity contribution is 5.98. The van der Waals surface area contributed by atoms with Gasteiger partial charge in [-0.15, -0.1) is 0 Å². The minimum atomic E-state index is -1.43. The number of hydrogen-bond donors (Lipinski definition) is 4. The summed E-state index contributed by atoms with van der Waals surface area (Å²) in [6.45, 7) is 9.06. The highest BCUT2D eigenvalue weighted by Gasteiger charge is 2.34. The van der Waals surface area contributed by atoms with Crippen LogP contribution in [0.5, 0.6) is 0 Å². The molecule has 1 aromatic carbocycles. The third-order valence-corrected chi connectivity index (χ3v) is 7.52. The zero-order valence-electron chi connectivity index (χ0n) is 26.2. The number of nitrogens with zero attached hydrogens (tertiary/aromatic N) is 3. The number of piperidine rings is 1. The number of amides is 4. The fraction of sp³-hybridized carbons (Fsp3) is 0.500. The molecule has 0 spiro atoms. The van der Waals surface area contributed by atoms with Gasteiger partial charge in [-0.2, -0.15) is 5.26 Å². The molecule has 0 bridgehead atoms. The van der Waals surface area contributed by atoms with E-state index >= 15 is 0 Å². The summed E-state index contributed by atoms with van der Waals surface area (Å²) >= 11 is 0. The standard InChI is InChI=1S/C32H41FN6O6/c1-18(2)12-24(16-34)32(44)39-10-8-22(9-11-39)15-26(29(41)35-17-23-7-6-19(3)13-25(23)33)36-31(43)28(21(5)40)37-30(42)27-14-20(4)38-45-27/h6-7,12-14,18,21-22,26,28,40H,8-11,15,17H2,1-5H3,(H,35,41)(H,36,43)(H,37,42)/b24-12+/t21-,26+,28+/m1/s1. The quantitative estimate of drug-likeness (QED) is 0.206. The second-order valence-corrected chi connectivity index (χ2v) is 11.8. The van der Waals surface area contributed by atoms with Crippen LogP contribution >= 0.6 is 0 Å². The van der Waals surface area contributed by atoms with E-state index in [9.17, 15) is 33.9 Å². The smallest absolute Gasteiger partial charge is 0.290 e. The molecular formula is C32H41FN6O6. The summed E-state index contributed by atoms with van der Waals surface area (Å²) in [6.07, 6.45) is 1.51. The zero-order valence-corrected chi connectivity index (χ0v) is 26.2. The molecule has 1 saturated heterocycles. The van der Waals surface area contributed by atoms with Crippen LogP contribution in [0, 0.1) is 42.8 Å². The molecule has 13 heteroatoms. The van der Waals surface area contributed by atoms with Gasteiger partial charge in [0.1, 0.15) is 29.5 Å². The van der Waals surface area contributed by atoms with Crippen LogP contribution in [0.2, 0.25) is 0 Å². The first-order valence-electron chi connectivity index (χ1n) is 15.0. The normalized spacial score (nSPS) is 16.0. The van der Waals surface area contributed by atoms with Crippen molar-refractivity contribution >= 4 is 23.6 Å². The molecule has 1 aliphatic heterocycles. The second kappa shape index (κ2) is 15.9. The molecule has 3 atom stereocenters. The van der Waals surface area contributed by atoms with Gasteiger partial charge in [-0.1, -0.05) is 37.2 Å². The van der Waals surface area contributed by atoms with Crippen LogP contribution in [0.15, 0.2) is 40.4 Å². The van der Waals surface area contributed by atoms with Crippen molar-refractivity contribution in [3.05, 3.63) is 64.3 Å². The van der Waals surface area contributed by atoms with Crippen molar-refractivity contribution in [1.29, 1.82) is 5.26 Å². The molecule has 2 aromatic rings. The molecule has 0 radical (unpaired) electrons. The predicted octanol–water partition coefficient (Wildman–Crippen LogP) is 2.45. The fourth-order valence-electron chi connectivity index (χ4n) is 5.05. The Balaban J connectivity index is 1.73. The van der Waals surface area contributed by atoms with Gasteiger partial charge in [0.25, 0.3) is 11.8 Å². The van der Waals surface area contributed by atoms with Gasteiger partial charge < -0.3 is 30.5 Å². The number of aliphatic hydroxyl groups is 1. The molecule has 0 unspecified atom stereocenters. The Morgan fingerprint density at radius 2 is 1.82 bits per heavy atom. The zero-order chi connectivity index (χ0) is 33.3. The number of benzene rings is 1. The summed E-state index contributed by atoms with van der Waals surface area (Å²) in [5.74, 6) is -3.17. The van der Waals surface area contributed by atoms with Crippen LogP contribution in [0.1, 0.15) is 67.4 Å². The number of halogens is 1. The third kappa shape index (κ3) is 9.97. The van der Waals surface area contributed by atoms with Crippen LogP contribution in [0.4, 0.5) is 4.39 Å². The van der Waals surface area contributed by atoms with Gasteiger partial charge in [0.05, 0.1) is 11.8 Å². The van der Waals surface area contributed by atoms with E-state index in [0.29, 0.717) is 31.6 Å². The summed E-state index contributed by atoms with van der Waals surface area (Å²) in [5.41, 5.74) is 1.53. The monoisotopic (exact) mass is 624 g/mol. The molecular weight excluding hydrogens is 583 g/mol.